The lowest BCUT2D eigenvalue weighted by molar-refractivity contribution is 0.557. The van der Waals surface area contributed by atoms with Crippen LogP contribution in [0.1, 0.15) is 5.56 Å². The van der Waals surface area contributed by atoms with Crippen LogP contribution in [-0.2, 0) is 6.42 Å². The van der Waals surface area contributed by atoms with Gasteiger partial charge in [-0.2, -0.15) is 10.5 Å². The van der Waals surface area contributed by atoms with E-state index in [1.165, 1.54) is 0 Å². The molecule has 0 unspecified atom stereocenters. The van der Waals surface area contributed by atoms with Crippen molar-refractivity contribution in [2.24, 2.45) is 0 Å². The average Bonchev–Trinajstić information content (AvgIpc) is 2.40. The maximum Gasteiger partial charge on any atom is 0.153 e. The molecular formula is C15H14N4. The Morgan fingerprint density at radius 2 is 1.95 bits per heavy atom. The first-order valence-corrected chi connectivity index (χ1v) is 5.92. The number of nitrogens with one attached hydrogen (secondary N) is 1. The monoisotopic (exact) mass is 250 g/mol. The fourth-order valence-corrected chi connectivity index (χ4v) is 2.09. The molecular weight excluding hydrogens is 236 g/mol. The van der Waals surface area contributed by atoms with E-state index in [-0.39, 0.29) is 5.57 Å². The van der Waals surface area contributed by atoms with Gasteiger partial charge in [0.15, 0.2) is 5.57 Å². The smallest absolute Gasteiger partial charge is 0.153 e. The Hall–Kier alpha value is -2.72. The van der Waals surface area contributed by atoms with Crippen molar-refractivity contribution in [2.75, 3.05) is 19.4 Å². The van der Waals surface area contributed by atoms with E-state index in [0.29, 0.717) is 12.1 Å². The molecule has 1 aliphatic rings. The van der Waals surface area contributed by atoms with Gasteiger partial charge in [0, 0.05) is 32.4 Å². The van der Waals surface area contributed by atoms with E-state index in [4.69, 9.17) is 10.5 Å². The number of rotatable bonds is 1. The van der Waals surface area contributed by atoms with E-state index >= 15 is 0 Å². The molecule has 4 nitrogen and oxygen atoms in total. The first-order valence-electron chi connectivity index (χ1n) is 5.92. The van der Waals surface area contributed by atoms with Crippen molar-refractivity contribution >= 4 is 5.69 Å². The van der Waals surface area contributed by atoms with Crippen molar-refractivity contribution < 1.29 is 0 Å². The number of hydrogen-bond donors (Lipinski definition) is 1. The number of anilines is 1. The molecule has 2 rings (SSSR count). The van der Waals surface area contributed by atoms with Gasteiger partial charge in [0.2, 0.25) is 0 Å². The molecule has 1 aromatic rings. The minimum Gasteiger partial charge on any atom is -0.383 e. The van der Waals surface area contributed by atoms with Crippen LogP contribution in [0.15, 0.2) is 47.3 Å². The van der Waals surface area contributed by atoms with Crippen LogP contribution >= 0.6 is 0 Å². The molecule has 0 aliphatic carbocycles. The third kappa shape index (κ3) is 2.59. The number of allylic oxidation sites excluding steroid dienone is 2. The Morgan fingerprint density at radius 1 is 1.26 bits per heavy atom. The molecule has 1 aromatic carbocycles. The van der Waals surface area contributed by atoms with Crippen molar-refractivity contribution in [1.29, 1.82) is 10.5 Å². The summed E-state index contributed by atoms with van der Waals surface area (Å²) >= 11 is 0. The molecule has 0 radical (unpaired) electrons. The normalized spacial score (nSPS) is 14.9. The molecule has 0 amide bonds. The predicted octanol–water partition coefficient (Wildman–Crippen LogP) is 2.40. The van der Waals surface area contributed by atoms with Crippen LogP contribution in [0.5, 0.6) is 0 Å². The number of benzene rings is 1. The van der Waals surface area contributed by atoms with Gasteiger partial charge in [-0.1, -0.05) is 18.2 Å². The van der Waals surface area contributed by atoms with Crippen LogP contribution in [0.25, 0.3) is 0 Å². The van der Waals surface area contributed by atoms with E-state index < -0.39 is 0 Å². The summed E-state index contributed by atoms with van der Waals surface area (Å²) in [7, 11) is 3.84. The van der Waals surface area contributed by atoms with E-state index in [2.05, 4.69) is 5.32 Å². The van der Waals surface area contributed by atoms with Crippen molar-refractivity contribution in [3.8, 4) is 12.1 Å². The fraction of sp³-hybridized carbons (Fsp3) is 0.200. The Morgan fingerprint density at radius 3 is 2.58 bits per heavy atom. The zero-order chi connectivity index (χ0) is 13.8. The maximum absolute atomic E-state index is 9.07. The van der Waals surface area contributed by atoms with Crippen LogP contribution in [0, 0.1) is 22.7 Å². The number of para-hydroxylation sites is 1. The van der Waals surface area contributed by atoms with Gasteiger partial charge in [-0.05, 0) is 17.2 Å². The van der Waals surface area contributed by atoms with Crippen molar-refractivity contribution in [3.05, 3.63) is 52.9 Å². The molecule has 1 N–H and O–H groups in total. The quantitative estimate of drug-likeness (QED) is 0.777. The van der Waals surface area contributed by atoms with Gasteiger partial charge >= 0.3 is 0 Å². The van der Waals surface area contributed by atoms with Crippen molar-refractivity contribution in [3.63, 3.8) is 0 Å². The summed E-state index contributed by atoms with van der Waals surface area (Å²) in [4.78, 5) is 1.91. The summed E-state index contributed by atoms with van der Waals surface area (Å²) < 4.78 is 0. The first-order chi connectivity index (χ1) is 9.15. The molecule has 0 spiro atoms. The molecule has 0 bridgehead atoms. The average molecular weight is 250 g/mol. The van der Waals surface area contributed by atoms with Gasteiger partial charge < -0.3 is 10.2 Å². The van der Waals surface area contributed by atoms with Crippen molar-refractivity contribution in [2.45, 2.75) is 6.42 Å². The summed E-state index contributed by atoms with van der Waals surface area (Å²) in [6.07, 6.45) is 2.65. The summed E-state index contributed by atoms with van der Waals surface area (Å²) in [5.41, 5.74) is 3.78. The number of nitrogens with zero attached hydrogens (tertiary/aromatic N) is 3. The fourth-order valence-electron chi connectivity index (χ4n) is 2.09. The van der Waals surface area contributed by atoms with E-state index in [0.717, 1.165) is 16.8 Å². The lowest BCUT2D eigenvalue weighted by Crippen LogP contribution is -2.17. The summed E-state index contributed by atoms with van der Waals surface area (Å²) in [6, 6.07) is 11.8. The van der Waals surface area contributed by atoms with Gasteiger partial charge in [-0.15, -0.1) is 0 Å². The molecule has 94 valence electrons. The highest BCUT2D eigenvalue weighted by Gasteiger charge is 2.20. The molecule has 19 heavy (non-hydrogen) atoms. The van der Waals surface area contributed by atoms with E-state index in [1.54, 1.807) is 0 Å². The van der Waals surface area contributed by atoms with Gasteiger partial charge in [0.1, 0.15) is 12.1 Å². The van der Waals surface area contributed by atoms with Crippen molar-refractivity contribution in [1.82, 2.24) is 4.90 Å². The molecule has 0 aromatic heterocycles. The first kappa shape index (κ1) is 12.7. The highest BCUT2D eigenvalue weighted by molar-refractivity contribution is 5.68. The third-order valence-corrected chi connectivity index (χ3v) is 2.87. The SMILES string of the molecule is CN(C)/C=C1/Cc2ccccc2NC1=C(C#N)C#N. The molecule has 0 atom stereocenters. The minimum atomic E-state index is 0.114. The molecule has 4 heteroatoms. The number of hydrogen-bond acceptors (Lipinski definition) is 4. The van der Waals surface area contributed by atoms with Gasteiger partial charge in [0.25, 0.3) is 0 Å². The lowest BCUT2D eigenvalue weighted by Gasteiger charge is -2.24. The zero-order valence-corrected chi connectivity index (χ0v) is 10.9. The second kappa shape index (κ2) is 5.29. The van der Waals surface area contributed by atoms with Crippen LogP contribution < -0.4 is 5.32 Å². The zero-order valence-electron chi connectivity index (χ0n) is 10.9. The molecule has 0 fully saturated rings. The van der Waals surface area contributed by atoms with E-state index in [1.807, 2.05) is 61.6 Å². The van der Waals surface area contributed by atoms with Gasteiger partial charge in [-0.25, -0.2) is 0 Å². The second-order valence-corrected chi connectivity index (χ2v) is 4.55. The molecule has 1 aliphatic heterocycles. The molecule has 0 saturated carbocycles. The summed E-state index contributed by atoms with van der Waals surface area (Å²) in [6.45, 7) is 0. The maximum atomic E-state index is 9.07. The standard InChI is InChI=1S/C15H14N4/c1-19(2)10-12-7-11-5-3-4-6-14(11)18-15(12)13(8-16)9-17/h3-6,10,18H,7H2,1-2H3/b12-10-. The molecule has 1 heterocycles. The summed E-state index contributed by atoms with van der Waals surface area (Å²) in [5, 5.41) is 21.3. The van der Waals surface area contributed by atoms with Gasteiger partial charge in [-0.3, -0.25) is 0 Å². The highest BCUT2D eigenvalue weighted by atomic mass is 15.0. The predicted molar refractivity (Wildman–Crippen MR) is 73.8 cm³/mol. The van der Waals surface area contributed by atoms with E-state index in [9.17, 15) is 0 Å². The Labute approximate surface area is 112 Å². The van der Waals surface area contributed by atoms with Crippen LogP contribution in [0.2, 0.25) is 0 Å². The second-order valence-electron chi connectivity index (χ2n) is 4.55. The number of fused-ring (bicyclic) bond motifs is 1. The molecule has 0 saturated heterocycles. The third-order valence-electron chi connectivity index (χ3n) is 2.87. The Bertz CT molecular complexity index is 623. The van der Waals surface area contributed by atoms with Crippen LogP contribution in [0.4, 0.5) is 5.69 Å². The highest BCUT2D eigenvalue weighted by Crippen LogP contribution is 2.31. The summed E-state index contributed by atoms with van der Waals surface area (Å²) in [5.74, 6) is 0. The van der Waals surface area contributed by atoms with Gasteiger partial charge in [0.05, 0.1) is 5.70 Å². The Kier molecular flexibility index (Phi) is 3.54. The Balaban J connectivity index is 2.57. The lowest BCUT2D eigenvalue weighted by atomic mass is 9.94. The van der Waals surface area contributed by atoms with Crippen LogP contribution in [0.3, 0.4) is 0 Å². The largest absolute Gasteiger partial charge is 0.383 e. The van der Waals surface area contributed by atoms with Crippen LogP contribution in [-0.4, -0.2) is 19.0 Å². The minimum absolute atomic E-state index is 0.114. The number of nitriles is 2. The topological polar surface area (TPSA) is 62.9 Å².